The summed E-state index contributed by atoms with van der Waals surface area (Å²) in [4.78, 5) is 23.6. The van der Waals surface area contributed by atoms with Crippen molar-refractivity contribution in [3.05, 3.63) is 29.3 Å². The predicted octanol–water partition coefficient (Wildman–Crippen LogP) is 5.08. The van der Waals surface area contributed by atoms with E-state index in [0.717, 1.165) is 6.07 Å². The van der Waals surface area contributed by atoms with Gasteiger partial charge >= 0.3 is 18.4 Å². The summed E-state index contributed by atoms with van der Waals surface area (Å²) < 4.78 is 50.7. The summed E-state index contributed by atoms with van der Waals surface area (Å²) in [7, 11) is 0. The first-order valence-electron chi connectivity index (χ1n) is 8.24. The predicted molar refractivity (Wildman–Crippen MR) is 94.4 cm³/mol. The van der Waals surface area contributed by atoms with E-state index in [-0.39, 0.29) is 5.56 Å². The molecule has 1 rings (SSSR count). The van der Waals surface area contributed by atoms with Crippen LogP contribution < -0.4 is 10.6 Å². The Labute approximate surface area is 156 Å². The second-order valence-corrected chi connectivity index (χ2v) is 7.82. The topological polar surface area (TPSA) is 76.7 Å². The second kappa shape index (κ2) is 8.06. The zero-order chi connectivity index (χ0) is 21.0. The number of carbonyl (C=O) groups is 2. The summed E-state index contributed by atoms with van der Waals surface area (Å²) in [5.74, 6) is 0. The van der Waals surface area contributed by atoms with Gasteiger partial charge in [-0.05, 0) is 53.2 Å². The van der Waals surface area contributed by atoms with Gasteiger partial charge in [0.15, 0.2) is 0 Å². The SMILES string of the molecule is CC(C)(C)OC(=O)NCc1cccc(NC(=O)OC(C)(C)C)c1C(F)(F)F. The number of hydrogen-bond donors (Lipinski definition) is 2. The van der Waals surface area contributed by atoms with Crippen LogP contribution in [0.25, 0.3) is 0 Å². The molecular formula is C18H25F3N2O4. The molecule has 0 bridgehead atoms. The molecule has 27 heavy (non-hydrogen) atoms. The Bertz CT molecular complexity index is 689. The van der Waals surface area contributed by atoms with Crippen molar-refractivity contribution in [3.63, 3.8) is 0 Å². The van der Waals surface area contributed by atoms with Crippen molar-refractivity contribution in [3.8, 4) is 0 Å². The lowest BCUT2D eigenvalue weighted by molar-refractivity contribution is -0.137. The first-order chi connectivity index (χ1) is 12.1. The highest BCUT2D eigenvalue weighted by molar-refractivity contribution is 5.86. The molecule has 2 amide bonds. The van der Waals surface area contributed by atoms with E-state index < -0.39 is 47.4 Å². The minimum Gasteiger partial charge on any atom is -0.444 e. The number of carbonyl (C=O) groups excluding carboxylic acids is 2. The third kappa shape index (κ3) is 8.19. The average Bonchev–Trinajstić information content (AvgIpc) is 2.39. The van der Waals surface area contributed by atoms with Crippen LogP contribution in [0.1, 0.15) is 52.7 Å². The Balaban J connectivity index is 3.06. The monoisotopic (exact) mass is 390 g/mol. The quantitative estimate of drug-likeness (QED) is 0.755. The Morgan fingerprint density at radius 3 is 1.93 bits per heavy atom. The summed E-state index contributed by atoms with van der Waals surface area (Å²) in [6, 6.07) is 3.66. The molecule has 0 fully saturated rings. The van der Waals surface area contributed by atoms with Crippen molar-refractivity contribution in [2.24, 2.45) is 0 Å². The number of hydrogen-bond acceptors (Lipinski definition) is 4. The Kier molecular flexibility index (Phi) is 6.74. The number of alkyl carbamates (subject to hydrolysis) is 1. The van der Waals surface area contributed by atoms with Gasteiger partial charge in [-0.2, -0.15) is 13.2 Å². The maximum absolute atomic E-state index is 13.6. The van der Waals surface area contributed by atoms with Gasteiger partial charge in [0, 0.05) is 6.54 Å². The fourth-order valence-corrected chi connectivity index (χ4v) is 2.08. The van der Waals surface area contributed by atoms with Gasteiger partial charge in [-0.25, -0.2) is 9.59 Å². The van der Waals surface area contributed by atoms with Crippen LogP contribution in [0, 0.1) is 0 Å². The molecule has 0 aromatic heterocycles. The lowest BCUT2D eigenvalue weighted by atomic mass is 10.0. The number of anilines is 1. The van der Waals surface area contributed by atoms with Gasteiger partial charge in [-0.15, -0.1) is 0 Å². The van der Waals surface area contributed by atoms with Gasteiger partial charge in [0.2, 0.25) is 0 Å². The Morgan fingerprint density at radius 2 is 1.44 bits per heavy atom. The van der Waals surface area contributed by atoms with Crippen LogP contribution in [-0.2, 0) is 22.2 Å². The number of halogens is 3. The van der Waals surface area contributed by atoms with Crippen LogP contribution in [0.15, 0.2) is 18.2 Å². The third-order valence-corrected chi connectivity index (χ3v) is 2.89. The largest absolute Gasteiger partial charge is 0.444 e. The molecular weight excluding hydrogens is 365 g/mol. The van der Waals surface area contributed by atoms with Crippen LogP contribution in [-0.4, -0.2) is 23.4 Å². The van der Waals surface area contributed by atoms with Gasteiger partial charge in [0.05, 0.1) is 11.3 Å². The maximum atomic E-state index is 13.6. The lowest BCUT2D eigenvalue weighted by Gasteiger charge is -2.23. The summed E-state index contributed by atoms with van der Waals surface area (Å²) in [6.45, 7) is 9.28. The minimum atomic E-state index is -4.75. The molecule has 0 radical (unpaired) electrons. The summed E-state index contributed by atoms with van der Waals surface area (Å²) in [6.07, 6.45) is -6.61. The molecule has 1 aromatic carbocycles. The average molecular weight is 390 g/mol. The smallest absolute Gasteiger partial charge is 0.418 e. The number of rotatable bonds is 3. The molecule has 0 saturated heterocycles. The zero-order valence-electron chi connectivity index (χ0n) is 16.2. The maximum Gasteiger partial charge on any atom is 0.418 e. The summed E-state index contributed by atoms with van der Waals surface area (Å²) in [5, 5.41) is 4.40. The zero-order valence-corrected chi connectivity index (χ0v) is 16.2. The molecule has 0 aliphatic heterocycles. The summed E-state index contributed by atoms with van der Waals surface area (Å²) in [5.41, 5.74) is -3.39. The highest BCUT2D eigenvalue weighted by Crippen LogP contribution is 2.37. The molecule has 1 aromatic rings. The van der Waals surface area contributed by atoms with Crippen molar-refractivity contribution in [1.29, 1.82) is 0 Å². The number of alkyl halides is 3. The molecule has 0 saturated carbocycles. The van der Waals surface area contributed by atoms with Crippen molar-refractivity contribution in [1.82, 2.24) is 5.32 Å². The first kappa shape index (κ1) is 22.6. The van der Waals surface area contributed by atoms with Crippen molar-refractivity contribution in [2.45, 2.75) is 65.5 Å². The van der Waals surface area contributed by atoms with E-state index in [1.807, 2.05) is 0 Å². The molecule has 2 N–H and O–H groups in total. The number of ether oxygens (including phenoxy) is 2. The molecule has 152 valence electrons. The van der Waals surface area contributed by atoms with Gasteiger partial charge < -0.3 is 14.8 Å². The van der Waals surface area contributed by atoms with Crippen LogP contribution in [0.5, 0.6) is 0 Å². The summed E-state index contributed by atoms with van der Waals surface area (Å²) >= 11 is 0. The van der Waals surface area contributed by atoms with Crippen molar-refractivity contribution < 1.29 is 32.2 Å². The fraction of sp³-hybridized carbons (Fsp3) is 0.556. The molecule has 0 aliphatic carbocycles. The number of amides is 2. The molecule has 6 nitrogen and oxygen atoms in total. The Morgan fingerprint density at radius 1 is 0.926 bits per heavy atom. The number of nitrogens with one attached hydrogen (secondary N) is 2. The van der Waals surface area contributed by atoms with Gasteiger partial charge in [-0.3, -0.25) is 5.32 Å². The van der Waals surface area contributed by atoms with E-state index in [0.29, 0.717) is 0 Å². The van der Waals surface area contributed by atoms with Gasteiger partial charge in [0.1, 0.15) is 11.2 Å². The van der Waals surface area contributed by atoms with Crippen molar-refractivity contribution in [2.75, 3.05) is 5.32 Å². The van der Waals surface area contributed by atoms with Crippen LogP contribution in [0.2, 0.25) is 0 Å². The van der Waals surface area contributed by atoms with Crippen molar-refractivity contribution >= 4 is 17.9 Å². The Hall–Kier alpha value is -2.45. The van der Waals surface area contributed by atoms with Crippen LogP contribution in [0.4, 0.5) is 28.4 Å². The van der Waals surface area contributed by atoms with Gasteiger partial charge in [-0.1, -0.05) is 12.1 Å². The van der Waals surface area contributed by atoms with E-state index in [1.54, 1.807) is 41.5 Å². The third-order valence-electron chi connectivity index (χ3n) is 2.89. The lowest BCUT2D eigenvalue weighted by Crippen LogP contribution is -2.33. The number of benzene rings is 1. The highest BCUT2D eigenvalue weighted by Gasteiger charge is 2.37. The normalized spacial score (nSPS) is 12.3. The highest BCUT2D eigenvalue weighted by atomic mass is 19.4. The van der Waals surface area contributed by atoms with E-state index in [2.05, 4.69) is 10.6 Å². The molecule has 0 heterocycles. The van der Waals surface area contributed by atoms with E-state index >= 15 is 0 Å². The fourth-order valence-electron chi connectivity index (χ4n) is 2.08. The minimum absolute atomic E-state index is 0.220. The van der Waals surface area contributed by atoms with Crippen LogP contribution >= 0.6 is 0 Å². The molecule has 0 aliphatic rings. The van der Waals surface area contributed by atoms with E-state index in [1.165, 1.54) is 12.1 Å². The molecule has 0 spiro atoms. The van der Waals surface area contributed by atoms with E-state index in [4.69, 9.17) is 9.47 Å². The molecule has 0 unspecified atom stereocenters. The van der Waals surface area contributed by atoms with Gasteiger partial charge in [0.25, 0.3) is 0 Å². The van der Waals surface area contributed by atoms with Crippen LogP contribution in [0.3, 0.4) is 0 Å². The second-order valence-electron chi connectivity index (χ2n) is 7.82. The standard InChI is InChI=1S/C18H25F3N2O4/c1-16(2,3)26-14(24)22-10-11-8-7-9-12(13(11)18(19,20)21)23-15(25)27-17(4,5)6/h7-9H,10H2,1-6H3,(H,22,24)(H,23,25). The first-order valence-corrected chi connectivity index (χ1v) is 8.24. The van der Waals surface area contributed by atoms with E-state index in [9.17, 15) is 22.8 Å². The molecule has 0 atom stereocenters. The molecule has 9 heteroatoms.